The summed E-state index contributed by atoms with van der Waals surface area (Å²) in [4.78, 5) is 25.6. The highest BCUT2D eigenvalue weighted by molar-refractivity contribution is 6.74. The van der Waals surface area contributed by atoms with Crippen LogP contribution in [0.25, 0.3) is 0 Å². The van der Waals surface area contributed by atoms with E-state index in [4.69, 9.17) is 4.43 Å². The van der Waals surface area contributed by atoms with Crippen molar-refractivity contribution in [1.29, 1.82) is 0 Å². The third-order valence-corrected chi connectivity index (χ3v) is 9.54. The molecule has 2 aliphatic rings. The molecule has 2 heterocycles. The van der Waals surface area contributed by atoms with Gasteiger partial charge >= 0.3 is 5.97 Å². The molecule has 118 valence electrons. The van der Waals surface area contributed by atoms with Crippen molar-refractivity contribution in [1.82, 2.24) is 4.90 Å². The number of carboxylic acids is 1. The van der Waals surface area contributed by atoms with Gasteiger partial charge in [-0.3, -0.25) is 9.59 Å². The summed E-state index contributed by atoms with van der Waals surface area (Å²) >= 11 is 0. The lowest BCUT2D eigenvalue weighted by atomic mass is 9.96. The van der Waals surface area contributed by atoms with Gasteiger partial charge in [-0.1, -0.05) is 20.8 Å². The topological polar surface area (TPSA) is 66.8 Å². The zero-order valence-corrected chi connectivity index (χ0v) is 14.7. The van der Waals surface area contributed by atoms with Crippen molar-refractivity contribution >= 4 is 20.2 Å². The summed E-state index contributed by atoms with van der Waals surface area (Å²) in [5.74, 6) is -1.68. The first-order valence-electron chi connectivity index (χ1n) is 7.37. The molecule has 1 amide bonds. The van der Waals surface area contributed by atoms with Gasteiger partial charge in [-0.25, -0.2) is 0 Å². The van der Waals surface area contributed by atoms with E-state index in [9.17, 15) is 14.7 Å². The summed E-state index contributed by atoms with van der Waals surface area (Å²) in [5, 5.41) is 9.52. The van der Waals surface area contributed by atoms with Gasteiger partial charge in [0.25, 0.3) is 5.91 Å². The average molecular weight is 311 g/mol. The molecule has 0 aromatic carbocycles. The molecule has 0 aromatic rings. The highest BCUT2D eigenvalue weighted by Crippen LogP contribution is 2.48. The average Bonchev–Trinajstić information content (AvgIpc) is 2.73. The Morgan fingerprint density at radius 2 is 2.05 bits per heavy atom. The van der Waals surface area contributed by atoms with E-state index < -0.39 is 25.9 Å². The first-order valence-corrected chi connectivity index (χ1v) is 10.3. The van der Waals surface area contributed by atoms with Gasteiger partial charge in [0.05, 0.1) is 0 Å². The Morgan fingerprint density at radius 1 is 1.48 bits per heavy atom. The van der Waals surface area contributed by atoms with Gasteiger partial charge in [0.2, 0.25) is 0 Å². The predicted molar refractivity (Wildman–Crippen MR) is 82.2 cm³/mol. The van der Waals surface area contributed by atoms with Crippen LogP contribution in [0.15, 0.2) is 11.6 Å². The third-order valence-electron chi connectivity index (χ3n) is 5.09. The van der Waals surface area contributed by atoms with Gasteiger partial charge in [-0.2, -0.15) is 0 Å². The normalized spacial score (nSPS) is 29.6. The zero-order chi connectivity index (χ0) is 16.2. The number of hydrogen-bond acceptors (Lipinski definition) is 3. The molecule has 0 saturated carbocycles. The second kappa shape index (κ2) is 4.68. The molecule has 5 nitrogen and oxygen atoms in total. The van der Waals surface area contributed by atoms with Gasteiger partial charge < -0.3 is 14.4 Å². The number of fused-ring (bicyclic) bond motifs is 1. The SMILES string of the molecule is CC1=C[C@]2(O[Si](C)(C)C(C)(C)C)[C@H](C(=O)O)CCN2C1=O. The van der Waals surface area contributed by atoms with Crippen LogP contribution in [0.3, 0.4) is 0 Å². The maximum Gasteiger partial charge on any atom is 0.311 e. The van der Waals surface area contributed by atoms with E-state index in [1.54, 1.807) is 17.9 Å². The maximum absolute atomic E-state index is 12.3. The molecule has 6 heteroatoms. The number of rotatable bonds is 3. The van der Waals surface area contributed by atoms with E-state index in [0.29, 0.717) is 18.5 Å². The smallest absolute Gasteiger partial charge is 0.311 e. The minimum Gasteiger partial charge on any atom is -0.481 e. The lowest BCUT2D eigenvalue weighted by molar-refractivity contribution is -0.154. The van der Waals surface area contributed by atoms with Crippen molar-refractivity contribution in [2.24, 2.45) is 5.92 Å². The van der Waals surface area contributed by atoms with E-state index >= 15 is 0 Å². The zero-order valence-electron chi connectivity index (χ0n) is 13.7. The Labute approximate surface area is 127 Å². The minimum atomic E-state index is -2.21. The number of carbonyl (C=O) groups is 2. The predicted octanol–water partition coefficient (Wildman–Crippen LogP) is 2.60. The monoisotopic (exact) mass is 311 g/mol. The van der Waals surface area contributed by atoms with Crippen molar-refractivity contribution in [3.8, 4) is 0 Å². The number of hydrogen-bond donors (Lipinski definition) is 1. The molecular weight excluding hydrogens is 286 g/mol. The molecule has 21 heavy (non-hydrogen) atoms. The number of amides is 1. The van der Waals surface area contributed by atoms with E-state index in [0.717, 1.165) is 0 Å². The van der Waals surface area contributed by atoms with Crippen LogP contribution in [0, 0.1) is 5.92 Å². The molecule has 1 saturated heterocycles. The molecule has 0 unspecified atom stereocenters. The van der Waals surface area contributed by atoms with Gasteiger partial charge in [0.1, 0.15) is 5.92 Å². The van der Waals surface area contributed by atoms with Gasteiger partial charge in [0, 0.05) is 12.1 Å². The summed E-state index contributed by atoms with van der Waals surface area (Å²) < 4.78 is 6.48. The van der Waals surface area contributed by atoms with Gasteiger partial charge in [-0.05, 0) is 37.6 Å². The van der Waals surface area contributed by atoms with E-state index in [-0.39, 0.29) is 10.9 Å². The van der Waals surface area contributed by atoms with Crippen LogP contribution in [0.1, 0.15) is 34.1 Å². The molecule has 0 aliphatic carbocycles. The molecule has 2 rings (SSSR count). The van der Waals surface area contributed by atoms with Crippen LogP contribution in [-0.2, 0) is 14.0 Å². The second-order valence-corrected chi connectivity index (χ2v) is 12.3. The summed E-state index contributed by atoms with van der Waals surface area (Å²) in [5.41, 5.74) is -0.504. The highest BCUT2D eigenvalue weighted by atomic mass is 28.4. The summed E-state index contributed by atoms with van der Waals surface area (Å²) in [7, 11) is -2.21. The molecule has 2 aliphatic heterocycles. The third kappa shape index (κ3) is 2.34. The Hall–Kier alpha value is -1.14. The van der Waals surface area contributed by atoms with Gasteiger partial charge in [-0.15, -0.1) is 0 Å². The van der Waals surface area contributed by atoms with Crippen molar-refractivity contribution < 1.29 is 19.1 Å². The van der Waals surface area contributed by atoms with Crippen LogP contribution in [-0.4, -0.2) is 42.5 Å². The van der Waals surface area contributed by atoms with Gasteiger partial charge in [0.15, 0.2) is 14.0 Å². The van der Waals surface area contributed by atoms with E-state index in [1.165, 1.54) is 0 Å². The molecule has 0 radical (unpaired) electrons. The Bertz CT molecular complexity index is 520. The standard InChI is InChI=1S/C15H25NO4Si/c1-10-9-15(20-21(5,6)14(2,3)4)11(13(18)19)7-8-16(15)12(10)17/h9,11H,7-8H2,1-6H3,(H,18,19)/t11-,15-/m0/s1. The molecule has 0 spiro atoms. The summed E-state index contributed by atoms with van der Waals surface area (Å²) in [6.45, 7) is 12.7. The van der Waals surface area contributed by atoms with Crippen molar-refractivity contribution in [2.45, 2.75) is 58.0 Å². The Balaban J connectivity index is 2.48. The highest BCUT2D eigenvalue weighted by Gasteiger charge is 2.60. The fraction of sp³-hybridized carbons (Fsp3) is 0.733. The quantitative estimate of drug-likeness (QED) is 0.814. The number of aliphatic carboxylic acids is 1. The molecule has 0 aromatic heterocycles. The fourth-order valence-corrected chi connectivity index (χ4v) is 4.30. The molecule has 1 N–H and O–H groups in total. The lowest BCUT2D eigenvalue weighted by Crippen LogP contribution is -2.57. The summed E-state index contributed by atoms with van der Waals surface area (Å²) in [6.07, 6.45) is 2.18. The Morgan fingerprint density at radius 3 is 2.52 bits per heavy atom. The van der Waals surface area contributed by atoms with Crippen LogP contribution in [0.5, 0.6) is 0 Å². The van der Waals surface area contributed by atoms with E-state index in [2.05, 4.69) is 33.9 Å². The van der Waals surface area contributed by atoms with Crippen LogP contribution in [0.2, 0.25) is 18.1 Å². The second-order valence-electron chi connectivity index (χ2n) is 7.58. The minimum absolute atomic E-state index is 0.0492. The molecule has 2 atom stereocenters. The van der Waals surface area contributed by atoms with Crippen molar-refractivity contribution in [2.75, 3.05) is 6.54 Å². The van der Waals surface area contributed by atoms with Crippen LogP contribution in [0.4, 0.5) is 0 Å². The fourth-order valence-electron chi connectivity index (χ4n) is 2.87. The van der Waals surface area contributed by atoms with Crippen LogP contribution < -0.4 is 0 Å². The first-order chi connectivity index (χ1) is 9.42. The Kier molecular flexibility index (Phi) is 3.61. The largest absolute Gasteiger partial charge is 0.481 e. The van der Waals surface area contributed by atoms with Crippen molar-refractivity contribution in [3.63, 3.8) is 0 Å². The number of carboxylic acid groups (broad SMARTS) is 1. The summed E-state index contributed by atoms with van der Waals surface area (Å²) in [6, 6.07) is 0. The lowest BCUT2D eigenvalue weighted by Gasteiger charge is -2.45. The molecule has 1 fully saturated rings. The number of nitrogens with zero attached hydrogens (tertiary/aromatic N) is 1. The van der Waals surface area contributed by atoms with Crippen LogP contribution >= 0.6 is 0 Å². The first kappa shape index (κ1) is 16.2. The maximum atomic E-state index is 12.3. The van der Waals surface area contributed by atoms with E-state index in [1.807, 2.05) is 0 Å². The molecular formula is C15H25NO4Si. The molecule has 0 bridgehead atoms. The van der Waals surface area contributed by atoms with Crippen molar-refractivity contribution in [3.05, 3.63) is 11.6 Å². The number of carbonyl (C=O) groups excluding carboxylic acids is 1.